The average Bonchev–Trinajstić information content (AvgIpc) is 2.77. The number of halogens is 1. The van der Waals surface area contributed by atoms with E-state index in [1.54, 1.807) is 17.5 Å². The van der Waals surface area contributed by atoms with Gasteiger partial charge in [-0.05, 0) is 12.1 Å². The van der Waals surface area contributed by atoms with Crippen molar-refractivity contribution in [1.82, 2.24) is 14.9 Å². The number of rotatable bonds is 4. The van der Waals surface area contributed by atoms with E-state index >= 15 is 0 Å². The van der Waals surface area contributed by atoms with Gasteiger partial charge < -0.3 is 9.88 Å². The van der Waals surface area contributed by atoms with Crippen LogP contribution in [0.3, 0.4) is 0 Å². The monoisotopic (exact) mass is 241 g/mol. The summed E-state index contributed by atoms with van der Waals surface area (Å²) in [6.45, 7) is 1.61. The summed E-state index contributed by atoms with van der Waals surface area (Å²) in [5.74, 6) is 1.04. The van der Waals surface area contributed by atoms with Crippen LogP contribution < -0.4 is 5.32 Å². The van der Waals surface area contributed by atoms with Crippen LogP contribution >= 0.6 is 22.9 Å². The van der Waals surface area contributed by atoms with Crippen LogP contribution in [0.25, 0.3) is 0 Å². The minimum absolute atomic E-state index is 0.777. The van der Waals surface area contributed by atoms with Crippen LogP contribution in [0.2, 0.25) is 4.34 Å². The molecule has 1 N–H and O–H groups in total. The number of hydrogen-bond donors (Lipinski definition) is 1. The summed E-state index contributed by atoms with van der Waals surface area (Å²) in [5.41, 5.74) is 0. The molecule has 2 aromatic rings. The molecule has 0 aliphatic rings. The molecule has 5 heteroatoms. The molecule has 0 aliphatic heterocycles. The average molecular weight is 242 g/mol. The molecule has 0 fully saturated rings. The Balaban J connectivity index is 1.83. The number of aryl methyl sites for hydroxylation is 1. The molecular formula is C10H12ClN3S. The number of aromatic nitrogens is 2. The van der Waals surface area contributed by atoms with Gasteiger partial charge in [-0.3, -0.25) is 0 Å². The van der Waals surface area contributed by atoms with Gasteiger partial charge in [-0.2, -0.15) is 0 Å². The quantitative estimate of drug-likeness (QED) is 0.891. The van der Waals surface area contributed by atoms with Crippen LogP contribution in [0.1, 0.15) is 10.7 Å². The number of nitrogens with one attached hydrogen (secondary N) is 1. The third-order valence-corrected chi connectivity index (χ3v) is 3.36. The Morgan fingerprint density at radius 2 is 2.33 bits per heavy atom. The second-order valence-electron chi connectivity index (χ2n) is 3.26. The maximum absolute atomic E-state index is 5.84. The summed E-state index contributed by atoms with van der Waals surface area (Å²) >= 11 is 7.44. The number of imidazole rings is 1. The number of nitrogens with zero attached hydrogens (tertiary/aromatic N) is 2. The van der Waals surface area contributed by atoms with Crippen LogP contribution in [0.5, 0.6) is 0 Å². The van der Waals surface area contributed by atoms with Crippen molar-refractivity contribution in [3.8, 4) is 0 Å². The van der Waals surface area contributed by atoms with Gasteiger partial charge >= 0.3 is 0 Å². The van der Waals surface area contributed by atoms with Crippen molar-refractivity contribution < 1.29 is 0 Å². The fourth-order valence-corrected chi connectivity index (χ4v) is 2.37. The van der Waals surface area contributed by atoms with Crippen LogP contribution in [0, 0.1) is 0 Å². The van der Waals surface area contributed by atoms with E-state index in [1.165, 1.54) is 4.88 Å². The Bertz CT molecular complexity index is 435. The third kappa shape index (κ3) is 2.81. The minimum Gasteiger partial charge on any atom is -0.337 e. The standard InChI is InChI=1S/C10H12ClN3S/c1-14-5-4-13-10(14)7-12-6-8-2-3-9(11)15-8/h2-5,12H,6-7H2,1H3. The van der Waals surface area contributed by atoms with E-state index < -0.39 is 0 Å². The van der Waals surface area contributed by atoms with Gasteiger partial charge in [-0.15, -0.1) is 11.3 Å². The van der Waals surface area contributed by atoms with Crippen molar-refractivity contribution in [3.63, 3.8) is 0 Å². The maximum Gasteiger partial charge on any atom is 0.122 e. The van der Waals surface area contributed by atoms with E-state index in [9.17, 15) is 0 Å². The van der Waals surface area contributed by atoms with E-state index in [2.05, 4.69) is 10.3 Å². The number of hydrogen-bond acceptors (Lipinski definition) is 3. The molecule has 0 unspecified atom stereocenters. The van der Waals surface area contributed by atoms with Gasteiger partial charge in [0.15, 0.2) is 0 Å². The van der Waals surface area contributed by atoms with Gasteiger partial charge in [0, 0.05) is 30.9 Å². The lowest BCUT2D eigenvalue weighted by atomic mass is 10.4. The Hall–Kier alpha value is -0.840. The van der Waals surface area contributed by atoms with Crippen LogP contribution in [-0.2, 0) is 20.1 Å². The van der Waals surface area contributed by atoms with Gasteiger partial charge in [0.05, 0.1) is 10.9 Å². The molecule has 2 heterocycles. The molecule has 15 heavy (non-hydrogen) atoms. The zero-order chi connectivity index (χ0) is 10.7. The fraction of sp³-hybridized carbons (Fsp3) is 0.300. The molecular weight excluding hydrogens is 230 g/mol. The van der Waals surface area contributed by atoms with Crippen LogP contribution in [0.4, 0.5) is 0 Å². The van der Waals surface area contributed by atoms with Crippen molar-refractivity contribution in [3.05, 3.63) is 39.6 Å². The SMILES string of the molecule is Cn1ccnc1CNCc1ccc(Cl)s1. The van der Waals surface area contributed by atoms with E-state index in [0.717, 1.165) is 23.3 Å². The molecule has 0 bridgehead atoms. The van der Waals surface area contributed by atoms with E-state index in [1.807, 2.05) is 29.9 Å². The number of thiophene rings is 1. The molecule has 0 saturated heterocycles. The Labute approximate surface area is 97.7 Å². The van der Waals surface area contributed by atoms with E-state index in [0.29, 0.717) is 0 Å². The summed E-state index contributed by atoms with van der Waals surface area (Å²) in [6.07, 6.45) is 3.75. The largest absolute Gasteiger partial charge is 0.337 e. The van der Waals surface area contributed by atoms with Crippen LogP contribution in [0.15, 0.2) is 24.5 Å². The molecule has 0 aromatic carbocycles. The summed E-state index contributed by atoms with van der Waals surface area (Å²) in [6, 6.07) is 3.96. The Morgan fingerprint density at radius 3 is 2.93 bits per heavy atom. The van der Waals surface area contributed by atoms with E-state index in [-0.39, 0.29) is 0 Å². The minimum atomic E-state index is 0.777. The van der Waals surface area contributed by atoms with E-state index in [4.69, 9.17) is 11.6 Å². The summed E-state index contributed by atoms with van der Waals surface area (Å²) < 4.78 is 2.85. The Kier molecular flexibility index (Phi) is 3.41. The van der Waals surface area contributed by atoms with Gasteiger partial charge in [0.25, 0.3) is 0 Å². The molecule has 0 amide bonds. The van der Waals surface area contributed by atoms with Crippen molar-refractivity contribution >= 4 is 22.9 Å². The van der Waals surface area contributed by atoms with Crippen molar-refractivity contribution in [1.29, 1.82) is 0 Å². The lowest BCUT2D eigenvalue weighted by Crippen LogP contribution is -2.14. The first-order chi connectivity index (χ1) is 7.25. The molecule has 0 atom stereocenters. The summed E-state index contributed by atoms with van der Waals surface area (Å²) in [7, 11) is 1.99. The van der Waals surface area contributed by atoms with Gasteiger partial charge in [-0.25, -0.2) is 4.98 Å². The third-order valence-electron chi connectivity index (χ3n) is 2.13. The second-order valence-corrected chi connectivity index (χ2v) is 5.06. The smallest absolute Gasteiger partial charge is 0.122 e. The molecule has 3 nitrogen and oxygen atoms in total. The molecule has 80 valence electrons. The van der Waals surface area contributed by atoms with Crippen molar-refractivity contribution in [2.45, 2.75) is 13.1 Å². The van der Waals surface area contributed by atoms with Gasteiger partial charge in [-0.1, -0.05) is 11.6 Å². The lowest BCUT2D eigenvalue weighted by Gasteiger charge is -2.02. The fourth-order valence-electron chi connectivity index (χ4n) is 1.31. The zero-order valence-corrected chi connectivity index (χ0v) is 9.98. The molecule has 2 rings (SSSR count). The highest BCUT2D eigenvalue weighted by Crippen LogP contribution is 2.20. The molecule has 0 saturated carbocycles. The Morgan fingerprint density at radius 1 is 1.47 bits per heavy atom. The van der Waals surface area contributed by atoms with Crippen LogP contribution in [-0.4, -0.2) is 9.55 Å². The lowest BCUT2D eigenvalue weighted by molar-refractivity contribution is 0.643. The first kappa shape index (κ1) is 10.7. The predicted octanol–water partition coefficient (Wildman–Crippen LogP) is 2.42. The van der Waals surface area contributed by atoms with Gasteiger partial charge in [0.2, 0.25) is 0 Å². The molecule has 2 aromatic heterocycles. The highest BCUT2D eigenvalue weighted by atomic mass is 35.5. The zero-order valence-electron chi connectivity index (χ0n) is 8.40. The highest BCUT2D eigenvalue weighted by molar-refractivity contribution is 7.16. The first-order valence-corrected chi connectivity index (χ1v) is 5.86. The van der Waals surface area contributed by atoms with Crippen molar-refractivity contribution in [2.24, 2.45) is 7.05 Å². The van der Waals surface area contributed by atoms with Crippen molar-refractivity contribution in [2.75, 3.05) is 0 Å². The first-order valence-electron chi connectivity index (χ1n) is 4.67. The normalized spacial score (nSPS) is 10.8. The molecule has 0 spiro atoms. The topological polar surface area (TPSA) is 29.9 Å². The summed E-state index contributed by atoms with van der Waals surface area (Å²) in [5, 5.41) is 3.33. The highest BCUT2D eigenvalue weighted by Gasteiger charge is 2.00. The maximum atomic E-state index is 5.84. The predicted molar refractivity (Wildman–Crippen MR) is 63.1 cm³/mol. The second kappa shape index (κ2) is 4.79. The molecule has 0 radical (unpaired) electrons. The summed E-state index contributed by atoms with van der Waals surface area (Å²) in [4.78, 5) is 5.47. The van der Waals surface area contributed by atoms with Gasteiger partial charge in [0.1, 0.15) is 5.82 Å². The molecule has 0 aliphatic carbocycles.